The van der Waals surface area contributed by atoms with E-state index in [1.807, 2.05) is 37.3 Å². The van der Waals surface area contributed by atoms with Crippen molar-refractivity contribution >= 4 is 12.1 Å². The maximum atomic E-state index is 12.6. The zero-order valence-electron chi connectivity index (χ0n) is 18.2. The number of esters is 1. The van der Waals surface area contributed by atoms with Gasteiger partial charge in [-0.2, -0.15) is 0 Å². The molecule has 0 fully saturated rings. The van der Waals surface area contributed by atoms with Gasteiger partial charge >= 0.3 is 12.1 Å². The van der Waals surface area contributed by atoms with Gasteiger partial charge in [-0.15, -0.1) is 0 Å². The number of amides is 1. The Morgan fingerprint density at radius 2 is 1.61 bits per heavy atom. The van der Waals surface area contributed by atoms with Crippen LogP contribution in [0.2, 0.25) is 0 Å². The summed E-state index contributed by atoms with van der Waals surface area (Å²) >= 11 is 0. The molecule has 0 saturated heterocycles. The van der Waals surface area contributed by atoms with E-state index in [1.54, 1.807) is 27.7 Å². The van der Waals surface area contributed by atoms with Crippen molar-refractivity contribution in [3.63, 3.8) is 0 Å². The zero-order valence-corrected chi connectivity index (χ0v) is 18.2. The summed E-state index contributed by atoms with van der Waals surface area (Å²) in [6, 6.07) is 8.62. The molecule has 1 aromatic rings. The zero-order chi connectivity index (χ0) is 21.3. The third-order valence-corrected chi connectivity index (χ3v) is 4.38. The Hall–Kier alpha value is -2.24. The molecule has 0 aliphatic rings. The first-order valence-electron chi connectivity index (χ1n) is 9.99. The van der Waals surface area contributed by atoms with E-state index >= 15 is 0 Å². The maximum absolute atomic E-state index is 12.6. The van der Waals surface area contributed by atoms with Crippen molar-refractivity contribution in [2.24, 2.45) is 5.92 Å². The number of ether oxygens (including phenoxy) is 3. The van der Waals surface area contributed by atoms with Crippen LogP contribution in [0, 0.1) is 5.92 Å². The van der Waals surface area contributed by atoms with E-state index < -0.39 is 29.8 Å². The van der Waals surface area contributed by atoms with Gasteiger partial charge in [0.15, 0.2) is 0 Å². The molecular weight excluding hydrogens is 358 g/mol. The SMILES string of the molecule is CCC(CC)C(OC(=O)[C@H](C)NC(=O)OC(C)(C)C)[C@H](C)Oc1ccccc1. The van der Waals surface area contributed by atoms with Crippen molar-refractivity contribution in [2.45, 2.75) is 85.2 Å². The fourth-order valence-corrected chi connectivity index (χ4v) is 2.89. The molecule has 0 spiro atoms. The molecule has 6 nitrogen and oxygen atoms in total. The molecule has 0 aliphatic heterocycles. The van der Waals surface area contributed by atoms with Crippen LogP contribution in [0.3, 0.4) is 0 Å². The van der Waals surface area contributed by atoms with Crippen molar-refractivity contribution in [1.82, 2.24) is 5.32 Å². The van der Waals surface area contributed by atoms with E-state index in [0.717, 1.165) is 18.6 Å². The molecule has 28 heavy (non-hydrogen) atoms. The number of rotatable bonds is 9. The van der Waals surface area contributed by atoms with E-state index in [1.165, 1.54) is 0 Å². The maximum Gasteiger partial charge on any atom is 0.408 e. The number of hydrogen-bond acceptors (Lipinski definition) is 5. The Morgan fingerprint density at radius 3 is 2.11 bits per heavy atom. The Kier molecular flexibility index (Phi) is 9.29. The number of benzene rings is 1. The van der Waals surface area contributed by atoms with Crippen LogP contribution in [0.5, 0.6) is 5.75 Å². The summed E-state index contributed by atoms with van der Waals surface area (Å²) in [7, 11) is 0. The lowest BCUT2D eigenvalue weighted by Crippen LogP contribution is -2.46. The lowest BCUT2D eigenvalue weighted by molar-refractivity contribution is -0.160. The van der Waals surface area contributed by atoms with Gasteiger partial charge in [0.25, 0.3) is 0 Å². The molecule has 1 unspecified atom stereocenters. The molecule has 0 heterocycles. The van der Waals surface area contributed by atoms with Crippen molar-refractivity contribution < 1.29 is 23.8 Å². The summed E-state index contributed by atoms with van der Waals surface area (Å²) in [4.78, 5) is 24.5. The van der Waals surface area contributed by atoms with Gasteiger partial charge in [-0.1, -0.05) is 32.0 Å². The lowest BCUT2D eigenvalue weighted by Gasteiger charge is -2.31. The highest BCUT2D eigenvalue weighted by atomic mass is 16.6. The minimum Gasteiger partial charge on any atom is -0.487 e. The second kappa shape index (κ2) is 10.9. The largest absolute Gasteiger partial charge is 0.487 e. The highest BCUT2D eigenvalue weighted by Crippen LogP contribution is 2.23. The van der Waals surface area contributed by atoms with Crippen LogP contribution in [0.1, 0.15) is 61.3 Å². The van der Waals surface area contributed by atoms with Crippen molar-refractivity contribution in [3.05, 3.63) is 30.3 Å². The van der Waals surface area contributed by atoms with Crippen LogP contribution in [0.25, 0.3) is 0 Å². The average Bonchev–Trinajstić information content (AvgIpc) is 2.60. The van der Waals surface area contributed by atoms with Crippen molar-refractivity contribution in [3.8, 4) is 5.75 Å². The van der Waals surface area contributed by atoms with E-state index in [9.17, 15) is 9.59 Å². The monoisotopic (exact) mass is 393 g/mol. The number of carbonyl (C=O) groups is 2. The first-order chi connectivity index (χ1) is 13.1. The van der Waals surface area contributed by atoms with Gasteiger partial charge in [-0.25, -0.2) is 9.59 Å². The van der Waals surface area contributed by atoms with Gasteiger partial charge in [0.2, 0.25) is 0 Å². The third kappa shape index (κ3) is 8.19. The van der Waals surface area contributed by atoms with Gasteiger partial charge in [0, 0.05) is 0 Å². The molecule has 6 heteroatoms. The Balaban J connectivity index is 2.79. The van der Waals surface area contributed by atoms with E-state index in [4.69, 9.17) is 14.2 Å². The number of alkyl carbamates (subject to hydrolysis) is 1. The van der Waals surface area contributed by atoms with Gasteiger partial charge < -0.3 is 19.5 Å². The molecule has 1 amide bonds. The summed E-state index contributed by atoms with van der Waals surface area (Å²) in [5.41, 5.74) is -0.635. The van der Waals surface area contributed by atoms with Gasteiger partial charge in [0.1, 0.15) is 29.6 Å². The van der Waals surface area contributed by atoms with Crippen LogP contribution in [-0.4, -0.2) is 35.9 Å². The predicted molar refractivity (Wildman–Crippen MR) is 109 cm³/mol. The molecule has 0 bridgehead atoms. The average molecular weight is 394 g/mol. The predicted octanol–water partition coefficient (Wildman–Crippen LogP) is 4.72. The quantitative estimate of drug-likeness (QED) is 0.615. The summed E-state index contributed by atoms with van der Waals surface area (Å²) in [6.45, 7) is 12.9. The Bertz CT molecular complexity index is 607. The molecule has 0 aliphatic carbocycles. The number of nitrogens with one attached hydrogen (secondary N) is 1. The smallest absolute Gasteiger partial charge is 0.408 e. The number of carbonyl (C=O) groups excluding carboxylic acids is 2. The van der Waals surface area contributed by atoms with E-state index in [2.05, 4.69) is 19.2 Å². The molecule has 0 aromatic heterocycles. The van der Waals surface area contributed by atoms with Gasteiger partial charge in [-0.05, 0) is 65.5 Å². The van der Waals surface area contributed by atoms with Crippen LogP contribution in [-0.2, 0) is 14.3 Å². The third-order valence-electron chi connectivity index (χ3n) is 4.38. The second-order valence-electron chi connectivity index (χ2n) is 7.98. The summed E-state index contributed by atoms with van der Waals surface area (Å²) < 4.78 is 17.0. The Labute approximate surface area is 168 Å². The van der Waals surface area contributed by atoms with Crippen molar-refractivity contribution in [1.29, 1.82) is 0 Å². The lowest BCUT2D eigenvalue weighted by atomic mass is 9.93. The second-order valence-corrected chi connectivity index (χ2v) is 7.98. The number of para-hydroxylation sites is 1. The van der Waals surface area contributed by atoms with E-state index in [-0.39, 0.29) is 12.0 Å². The highest BCUT2D eigenvalue weighted by Gasteiger charge is 2.32. The first kappa shape index (κ1) is 23.8. The standard InChI is InChI=1S/C22H35NO5/c1-8-17(9-2)19(16(4)26-18-13-11-10-12-14-18)27-20(24)15(3)23-21(25)28-22(5,6)7/h10-17,19H,8-9H2,1-7H3,(H,23,25)/t15-,16-,19?/m0/s1. The normalized spacial score (nSPS) is 14.7. The van der Waals surface area contributed by atoms with Crippen LogP contribution < -0.4 is 10.1 Å². The minimum atomic E-state index is -0.823. The fraction of sp³-hybridized carbons (Fsp3) is 0.636. The topological polar surface area (TPSA) is 73.9 Å². The van der Waals surface area contributed by atoms with Gasteiger partial charge in [0.05, 0.1) is 0 Å². The summed E-state index contributed by atoms with van der Waals surface area (Å²) in [5.74, 6) is 0.365. The van der Waals surface area contributed by atoms with Crippen LogP contribution in [0.4, 0.5) is 4.79 Å². The molecule has 1 N–H and O–H groups in total. The molecule has 1 rings (SSSR count). The fourth-order valence-electron chi connectivity index (χ4n) is 2.89. The van der Waals surface area contributed by atoms with Crippen molar-refractivity contribution in [2.75, 3.05) is 0 Å². The van der Waals surface area contributed by atoms with Crippen LogP contribution >= 0.6 is 0 Å². The minimum absolute atomic E-state index is 0.149. The summed E-state index contributed by atoms with van der Waals surface area (Å²) in [5, 5.41) is 2.53. The molecule has 158 valence electrons. The van der Waals surface area contributed by atoms with E-state index in [0.29, 0.717) is 0 Å². The highest BCUT2D eigenvalue weighted by molar-refractivity contribution is 5.81. The molecule has 0 radical (unpaired) electrons. The van der Waals surface area contributed by atoms with Gasteiger partial charge in [-0.3, -0.25) is 0 Å². The molecule has 0 saturated carbocycles. The molecule has 1 aromatic carbocycles. The molecule has 3 atom stereocenters. The molecular formula is C22H35NO5. The number of hydrogen-bond donors (Lipinski definition) is 1. The first-order valence-corrected chi connectivity index (χ1v) is 9.99. The summed E-state index contributed by atoms with van der Waals surface area (Å²) in [6.07, 6.45) is 0.301. The Morgan fingerprint density at radius 1 is 1.04 bits per heavy atom. The van der Waals surface area contributed by atoms with Crippen LogP contribution in [0.15, 0.2) is 30.3 Å².